The van der Waals surface area contributed by atoms with Crippen molar-refractivity contribution in [1.29, 1.82) is 0 Å². The summed E-state index contributed by atoms with van der Waals surface area (Å²) in [5.41, 5.74) is 1.06. The topological polar surface area (TPSA) is 29.5 Å². The highest BCUT2D eigenvalue weighted by atomic mass is 32.1. The van der Waals surface area contributed by atoms with Crippen LogP contribution < -0.4 is 4.74 Å². The zero-order valence-electron chi connectivity index (χ0n) is 13.6. The van der Waals surface area contributed by atoms with Gasteiger partial charge in [-0.1, -0.05) is 24.3 Å². The highest BCUT2D eigenvalue weighted by Gasteiger charge is 2.16. The number of aryl methyl sites for hydroxylation is 1. The van der Waals surface area contributed by atoms with Crippen LogP contribution in [-0.4, -0.2) is 31.0 Å². The molecule has 0 aliphatic rings. The van der Waals surface area contributed by atoms with E-state index in [1.807, 2.05) is 37.3 Å². The van der Waals surface area contributed by atoms with Crippen LogP contribution in [0.1, 0.15) is 15.2 Å². The van der Waals surface area contributed by atoms with Crippen molar-refractivity contribution in [2.75, 3.05) is 20.2 Å². The molecule has 0 saturated carbocycles. The number of nitrogens with zero attached hydrogens (tertiary/aromatic N) is 1. The van der Waals surface area contributed by atoms with Crippen LogP contribution in [0.2, 0.25) is 0 Å². The third-order valence-electron chi connectivity index (χ3n) is 3.84. The Kier molecular flexibility index (Phi) is 4.81. The van der Waals surface area contributed by atoms with Gasteiger partial charge in [-0.25, -0.2) is 4.39 Å². The first-order chi connectivity index (χ1) is 11.6. The fraction of sp³-hybridized carbons (Fsp3) is 0.211. The van der Waals surface area contributed by atoms with Crippen LogP contribution in [0.15, 0.2) is 48.5 Å². The SMILES string of the molecule is Cc1ccccc1OCCN(C)C(=O)c1cc2c(F)cccc2s1. The van der Waals surface area contributed by atoms with Crippen LogP contribution in [0, 0.1) is 12.7 Å². The first-order valence-corrected chi connectivity index (χ1v) is 8.50. The molecule has 0 atom stereocenters. The molecular weight excluding hydrogens is 325 g/mol. The highest BCUT2D eigenvalue weighted by molar-refractivity contribution is 7.20. The van der Waals surface area contributed by atoms with Crippen LogP contribution in [0.3, 0.4) is 0 Å². The Morgan fingerprint density at radius 1 is 1.21 bits per heavy atom. The van der Waals surface area contributed by atoms with Crippen LogP contribution in [0.5, 0.6) is 5.75 Å². The standard InChI is InChI=1S/C19H18FNO2S/c1-13-6-3-4-8-16(13)23-11-10-21(2)19(22)18-12-14-15(20)7-5-9-17(14)24-18/h3-9,12H,10-11H2,1-2H3. The summed E-state index contributed by atoms with van der Waals surface area (Å²) in [7, 11) is 1.73. The number of thiophene rings is 1. The van der Waals surface area contributed by atoms with Gasteiger partial charge >= 0.3 is 0 Å². The fourth-order valence-electron chi connectivity index (χ4n) is 2.43. The molecule has 0 N–H and O–H groups in total. The van der Waals surface area contributed by atoms with E-state index in [-0.39, 0.29) is 11.7 Å². The van der Waals surface area contributed by atoms with Gasteiger partial charge in [0.2, 0.25) is 0 Å². The van der Waals surface area contributed by atoms with E-state index in [2.05, 4.69) is 0 Å². The molecule has 1 heterocycles. The molecule has 124 valence electrons. The minimum absolute atomic E-state index is 0.121. The number of benzene rings is 2. The van der Waals surface area contributed by atoms with Gasteiger partial charge in [-0.15, -0.1) is 11.3 Å². The first kappa shape index (κ1) is 16.5. The van der Waals surface area contributed by atoms with Gasteiger partial charge in [0, 0.05) is 17.1 Å². The van der Waals surface area contributed by atoms with Gasteiger partial charge in [0.1, 0.15) is 18.2 Å². The summed E-state index contributed by atoms with van der Waals surface area (Å²) < 4.78 is 20.3. The van der Waals surface area contributed by atoms with Crippen molar-refractivity contribution < 1.29 is 13.9 Å². The van der Waals surface area contributed by atoms with Gasteiger partial charge in [-0.3, -0.25) is 4.79 Å². The van der Waals surface area contributed by atoms with E-state index in [4.69, 9.17) is 4.74 Å². The molecule has 1 aromatic heterocycles. The molecule has 0 saturated heterocycles. The Bertz CT molecular complexity index is 875. The lowest BCUT2D eigenvalue weighted by Crippen LogP contribution is -2.30. The van der Waals surface area contributed by atoms with Gasteiger partial charge in [0.05, 0.1) is 11.4 Å². The summed E-state index contributed by atoms with van der Waals surface area (Å²) in [5.74, 6) is 0.402. The van der Waals surface area contributed by atoms with E-state index in [0.717, 1.165) is 16.0 Å². The van der Waals surface area contributed by atoms with Crippen LogP contribution in [-0.2, 0) is 0 Å². The summed E-state index contributed by atoms with van der Waals surface area (Å²) in [6.45, 7) is 2.85. The number of para-hydroxylation sites is 1. The van der Waals surface area contributed by atoms with E-state index in [1.165, 1.54) is 17.4 Å². The Hall–Kier alpha value is -2.40. The van der Waals surface area contributed by atoms with Crippen molar-refractivity contribution in [3.63, 3.8) is 0 Å². The summed E-state index contributed by atoms with van der Waals surface area (Å²) >= 11 is 1.31. The molecule has 0 bridgehead atoms. The Balaban J connectivity index is 1.63. The van der Waals surface area contributed by atoms with Crippen molar-refractivity contribution in [2.45, 2.75) is 6.92 Å². The van der Waals surface area contributed by atoms with E-state index < -0.39 is 0 Å². The first-order valence-electron chi connectivity index (χ1n) is 7.68. The molecule has 2 aromatic carbocycles. The maximum Gasteiger partial charge on any atom is 0.263 e. The molecule has 0 unspecified atom stereocenters. The molecule has 3 aromatic rings. The Morgan fingerprint density at radius 2 is 2.00 bits per heavy atom. The number of likely N-dealkylation sites (N-methyl/N-ethyl adjacent to an activating group) is 1. The molecule has 5 heteroatoms. The van der Waals surface area contributed by atoms with E-state index in [9.17, 15) is 9.18 Å². The Morgan fingerprint density at radius 3 is 2.75 bits per heavy atom. The van der Waals surface area contributed by atoms with Gasteiger partial charge in [-0.2, -0.15) is 0 Å². The molecule has 1 amide bonds. The van der Waals surface area contributed by atoms with E-state index in [1.54, 1.807) is 24.1 Å². The summed E-state index contributed by atoms with van der Waals surface area (Å²) in [6, 6.07) is 14.3. The number of hydrogen-bond acceptors (Lipinski definition) is 3. The molecule has 0 radical (unpaired) electrons. The molecule has 0 aliphatic heterocycles. The number of amides is 1. The Labute approximate surface area is 144 Å². The van der Waals surface area contributed by atoms with Gasteiger partial charge in [0.15, 0.2) is 0 Å². The normalized spacial score (nSPS) is 10.8. The van der Waals surface area contributed by atoms with Crippen molar-refractivity contribution in [2.24, 2.45) is 0 Å². The van der Waals surface area contributed by atoms with E-state index >= 15 is 0 Å². The van der Waals surface area contributed by atoms with Crippen molar-refractivity contribution in [3.05, 3.63) is 64.8 Å². The molecule has 0 spiro atoms. The van der Waals surface area contributed by atoms with E-state index in [0.29, 0.717) is 23.4 Å². The van der Waals surface area contributed by atoms with Crippen LogP contribution in [0.4, 0.5) is 4.39 Å². The number of hydrogen-bond donors (Lipinski definition) is 0. The van der Waals surface area contributed by atoms with Gasteiger partial charge in [0.25, 0.3) is 5.91 Å². The van der Waals surface area contributed by atoms with Crippen molar-refractivity contribution in [1.82, 2.24) is 4.90 Å². The fourth-order valence-corrected chi connectivity index (χ4v) is 3.50. The number of ether oxygens (including phenoxy) is 1. The van der Waals surface area contributed by atoms with Crippen LogP contribution in [0.25, 0.3) is 10.1 Å². The largest absolute Gasteiger partial charge is 0.491 e. The lowest BCUT2D eigenvalue weighted by molar-refractivity contribution is 0.0778. The summed E-state index contributed by atoms with van der Waals surface area (Å²) in [6.07, 6.45) is 0. The minimum Gasteiger partial charge on any atom is -0.491 e. The molecule has 0 fully saturated rings. The van der Waals surface area contributed by atoms with Crippen molar-refractivity contribution in [3.8, 4) is 5.75 Å². The molecule has 3 nitrogen and oxygen atoms in total. The van der Waals surface area contributed by atoms with Crippen LogP contribution >= 0.6 is 11.3 Å². The number of carbonyl (C=O) groups is 1. The number of rotatable bonds is 5. The highest BCUT2D eigenvalue weighted by Crippen LogP contribution is 2.28. The number of carbonyl (C=O) groups excluding carboxylic acids is 1. The quantitative estimate of drug-likeness (QED) is 0.683. The van der Waals surface area contributed by atoms with Gasteiger partial charge in [-0.05, 0) is 36.8 Å². The average Bonchev–Trinajstić information content (AvgIpc) is 3.01. The minimum atomic E-state index is -0.298. The lowest BCUT2D eigenvalue weighted by atomic mass is 10.2. The summed E-state index contributed by atoms with van der Waals surface area (Å²) in [4.78, 5) is 14.6. The zero-order valence-corrected chi connectivity index (χ0v) is 14.4. The average molecular weight is 343 g/mol. The molecule has 0 aliphatic carbocycles. The second kappa shape index (κ2) is 7.01. The molecule has 24 heavy (non-hydrogen) atoms. The monoisotopic (exact) mass is 343 g/mol. The predicted molar refractivity (Wildman–Crippen MR) is 95.4 cm³/mol. The summed E-state index contributed by atoms with van der Waals surface area (Å²) in [5, 5.41) is 0.496. The zero-order chi connectivity index (χ0) is 17.1. The second-order valence-corrected chi connectivity index (χ2v) is 6.69. The third kappa shape index (κ3) is 3.41. The molecule has 3 rings (SSSR count). The van der Waals surface area contributed by atoms with Crippen molar-refractivity contribution >= 4 is 27.3 Å². The predicted octanol–water partition coefficient (Wildman–Crippen LogP) is 4.50. The third-order valence-corrected chi connectivity index (χ3v) is 4.93. The molecular formula is C19H18FNO2S. The maximum absolute atomic E-state index is 13.8. The maximum atomic E-state index is 13.8. The second-order valence-electron chi connectivity index (χ2n) is 5.60. The number of fused-ring (bicyclic) bond motifs is 1. The number of halogens is 1. The van der Waals surface area contributed by atoms with Gasteiger partial charge < -0.3 is 9.64 Å². The smallest absolute Gasteiger partial charge is 0.263 e. The lowest BCUT2D eigenvalue weighted by Gasteiger charge is -2.17.